The van der Waals surface area contributed by atoms with Crippen LogP contribution in [0.15, 0.2) is 183 Å². The molecule has 0 radical (unpaired) electrons. The summed E-state index contributed by atoms with van der Waals surface area (Å²) in [5, 5.41) is 5.04. The van der Waals surface area contributed by atoms with Crippen molar-refractivity contribution in [1.82, 2.24) is 24.9 Å². The number of nitrogens with zero attached hydrogens (tertiary/aromatic N) is 6. The monoisotopic (exact) mass is 2670 g/mol. The molecule has 0 aliphatic heterocycles. The summed E-state index contributed by atoms with van der Waals surface area (Å²) in [5.74, 6) is -5.62. The van der Waals surface area contributed by atoms with Gasteiger partial charge in [0.05, 0.1) is 73.6 Å². The summed E-state index contributed by atoms with van der Waals surface area (Å²) in [6, 6.07) is 30.9. The van der Waals surface area contributed by atoms with Gasteiger partial charge in [0.25, 0.3) is 0 Å². The molecule has 0 aliphatic carbocycles. The zero-order chi connectivity index (χ0) is 87.1. The molecule has 45 heteroatoms. The van der Waals surface area contributed by atoms with Gasteiger partial charge in [0.1, 0.15) is 80.2 Å². The van der Waals surface area contributed by atoms with E-state index in [2.05, 4.69) is 209 Å². The minimum absolute atomic E-state index is 0. The first-order valence-corrected chi connectivity index (χ1v) is 51.7. The van der Waals surface area contributed by atoms with Crippen molar-refractivity contribution < 1.29 is 78.4 Å². The van der Waals surface area contributed by atoms with Crippen LogP contribution in [0.1, 0.15) is 163 Å². The molecule has 0 saturated heterocycles. The Bertz CT molecular complexity index is 4720. The van der Waals surface area contributed by atoms with Gasteiger partial charge in [0, 0.05) is 73.7 Å². The summed E-state index contributed by atoms with van der Waals surface area (Å²) in [5.41, 5.74) is 10.3. The Morgan fingerprint density at radius 3 is 1.05 bits per heavy atom. The molecule has 5 aromatic heterocycles. The Balaban J connectivity index is -0.000000258. The molecule has 5 heterocycles. The number of pyridine rings is 5. The number of benzene rings is 4. The van der Waals surface area contributed by atoms with E-state index in [4.69, 9.17) is 15.6 Å². The van der Waals surface area contributed by atoms with Crippen molar-refractivity contribution in [1.29, 1.82) is 0 Å². The Labute approximate surface area is 872 Å². The molecular formula is C77H93Br11Cl2F8N8O6S9Zn. The molecule has 6 atom stereocenters. The van der Waals surface area contributed by atoms with E-state index < -0.39 is 103 Å². The predicted octanol–water partition coefficient (Wildman–Crippen LogP) is 26.7. The summed E-state index contributed by atoms with van der Waals surface area (Å²) in [4.78, 5) is 43.9. The van der Waals surface area contributed by atoms with Gasteiger partial charge in [-0.05, 0) is 381 Å². The van der Waals surface area contributed by atoms with Gasteiger partial charge in [-0.2, -0.15) is 97.9 Å². The number of esters is 1. The fourth-order valence-electron chi connectivity index (χ4n) is 8.66. The van der Waals surface area contributed by atoms with Gasteiger partial charge >= 0.3 is 35.9 Å². The van der Waals surface area contributed by atoms with Gasteiger partial charge in [-0.15, -0.1) is 36.9 Å². The van der Waals surface area contributed by atoms with Crippen LogP contribution in [-0.2, 0) is 77.9 Å². The van der Waals surface area contributed by atoms with E-state index in [0.29, 0.717) is 97.3 Å². The molecule has 0 saturated carbocycles. The van der Waals surface area contributed by atoms with Crippen LogP contribution < -0.4 is 10.9 Å². The molecule has 0 unspecified atom stereocenters. The topological polar surface area (TPSA) is 223 Å². The number of hydrogen-bond donors (Lipinski definition) is 2. The van der Waals surface area contributed by atoms with E-state index in [1.165, 1.54) is 71.1 Å². The van der Waals surface area contributed by atoms with Crippen LogP contribution in [0.2, 0.25) is 0 Å². The van der Waals surface area contributed by atoms with Gasteiger partial charge < -0.3 is 10.5 Å². The van der Waals surface area contributed by atoms with Gasteiger partial charge in [-0.1, -0.05) is 0 Å². The van der Waals surface area contributed by atoms with Gasteiger partial charge in [-0.25, -0.2) is 68.5 Å². The van der Waals surface area contributed by atoms with Crippen LogP contribution in [0.4, 0.5) is 35.1 Å². The first-order valence-electron chi connectivity index (χ1n) is 33.1. The van der Waals surface area contributed by atoms with E-state index in [1.807, 2.05) is 86.6 Å². The van der Waals surface area contributed by atoms with Crippen molar-refractivity contribution in [3.05, 3.63) is 283 Å². The van der Waals surface area contributed by atoms with Crippen LogP contribution in [0.3, 0.4) is 0 Å². The van der Waals surface area contributed by atoms with Crippen molar-refractivity contribution in [3.8, 4) is 0 Å². The predicted molar refractivity (Wildman–Crippen MR) is 553 cm³/mol. The minimum atomic E-state index is -1.26. The standard InChI is InChI=1S/C19H19Br2F2NO2.C18H19Br2F2NOS.C13H10Br2F2N2.C10H12Br2N2OS.C7H5F2.C6H3Br2NO.C4H11NOS.BrH.2ClH.6H2S.Zn/c1-19(2,3)26-17(25)9-12(18-15(20)4-5-16(21)24-18)6-11-7-13(22)10-14(23)8-11;1-18(2,3)25(24)10-12(17-15(19)4-5-16(20)23-17)6-11-7-13(21)9-14(22)8-11;14-10-1-2-12(15)19-13(10)11(18)5-7-3-8(16)6-9(17)4-7;1-10(2,3)16(15)13-6-8-7(11)4-5-9(12)14-8;1-5-2-6(8)4-7(9)3-5;7-4-1-2-6(8)9-5(4)3-10;1-4(2,3)7(5)6;;;;;;;;;;/h4-5,7-8,10,12H,6,9H2,1-3H3;4-5,7-9,12H,6,10H2,1-3H3;1-4,6,11H,5,18H2;4-6H,1-3H3;2-4H,1H2;1-3H;5H2,1-3H3;3*1H;6*1H2;/q;;;;-1;;;;;;;;;;;;+2/p-1/t12-;12-,25-;11-;16-;;;7-;;;;;;;;;;/m1100..0........../s1. The van der Waals surface area contributed by atoms with E-state index in [1.54, 1.807) is 57.2 Å². The first-order chi connectivity index (χ1) is 52.7. The Morgan fingerprint density at radius 2 is 0.738 bits per heavy atom. The van der Waals surface area contributed by atoms with Crippen LogP contribution in [-0.4, -0.2) is 81.6 Å². The normalized spacial score (nSPS) is 12.0. The van der Waals surface area contributed by atoms with Crippen LogP contribution >= 0.6 is 279 Å². The third-order valence-electron chi connectivity index (χ3n) is 13.8. The number of halogens is 21. The summed E-state index contributed by atoms with van der Waals surface area (Å²) in [7, 11) is -3.57. The van der Waals surface area contributed by atoms with E-state index >= 15 is 0 Å². The summed E-state index contributed by atoms with van der Waals surface area (Å²) < 4.78 is 155. The second kappa shape index (κ2) is 66.1. The molecule has 9 rings (SSSR count). The number of ether oxygens (including phenoxy) is 1. The second-order valence-electron chi connectivity index (χ2n) is 27.8. The average Bonchev–Trinajstić information content (AvgIpc) is 0.826. The van der Waals surface area contributed by atoms with E-state index in [-0.39, 0.29) is 139 Å². The molecule has 0 bridgehead atoms. The van der Waals surface area contributed by atoms with Gasteiger partial charge in [-0.3, -0.25) is 18.9 Å². The number of nitrogens with two attached hydrogens (primary N) is 2. The van der Waals surface area contributed by atoms with Crippen molar-refractivity contribution in [2.24, 2.45) is 15.3 Å². The molecule has 0 aliphatic rings. The number of rotatable bonds is 16. The zero-order valence-corrected chi connectivity index (χ0v) is 97.5. The molecule has 4 N–H and O–H groups in total. The number of carbonyl (C=O) groups is 2. The maximum atomic E-state index is 13.5. The average molecular weight is 2680 g/mol. The molecule has 4 aromatic carbocycles. The zero-order valence-electron chi connectivity index (χ0n) is 67.0. The van der Waals surface area contributed by atoms with Crippen LogP contribution in [0.5, 0.6) is 0 Å². The fraction of sp³-hybridized carbons (Fsp3) is 0.312. The second-order valence-corrected chi connectivity index (χ2v) is 42.1. The Kier molecular flexibility index (Phi) is 73.1. The summed E-state index contributed by atoms with van der Waals surface area (Å²) in [6.45, 7) is 25.6. The van der Waals surface area contributed by atoms with Crippen molar-refractivity contribution in [3.63, 3.8) is 0 Å². The van der Waals surface area contributed by atoms with Gasteiger partial charge in [0.15, 0.2) is 6.29 Å². The van der Waals surface area contributed by atoms with Crippen LogP contribution in [0.25, 0.3) is 0 Å². The third-order valence-corrected chi connectivity index (χ3v) is 24.0. The molecule has 122 heavy (non-hydrogen) atoms. The van der Waals surface area contributed by atoms with E-state index in [9.17, 15) is 57.3 Å². The van der Waals surface area contributed by atoms with Crippen LogP contribution in [0, 0.1) is 53.5 Å². The number of carbonyl (C=O) groups excluding carboxylic acids is 2. The van der Waals surface area contributed by atoms with Crippen molar-refractivity contribution in [2.45, 2.75) is 146 Å². The fourth-order valence-corrected chi connectivity index (χ4v) is 14.2. The Hall–Kier alpha value is -0.297. The number of aromatic nitrogens is 5. The van der Waals surface area contributed by atoms with E-state index in [0.717, 1.165) is 48.0 Å². The summed E-state index contributed by atoms with van der Waals surface area (Å²) >= 11 is 37.4. The third kappa shape index (κ3) is 55.3. The Morgan fingerprint density at radius 1 is 0.451 bits per heavy atom. The van der Waals surface area contributed by atoms with Crippen molar-refractivity contribution in [2.75, 3.05) is 5.75 Å². The molecular weight excluding hydrogens is 2590 g/mol. The number of hydrogen-bond acceptors (Lipinski definition) is 12. The molecule has 680 valence electrons. The van der Waals surface area contributed by atoms with Crippen molar-refractivity contribution >= 4 is 330 Å². The molecule has 9 aromatic rings. The molecule has 0 spiro atoms. The molecule has 0 amide bonds. The number of aldehydes is 1. The first kappa shape index (κ1) is 135. The maximum absolute atomic E-state index is 13.5. The molecule has 0 fully saturated rings. The quantitative estimate of drug-likeness (QED) is 0.0175. The summed E-state index contributed by atoms with van der Waals surface area (Å²) in [6.07, 6.45) is 3.16. The van der Waals surface area contributed by atoms with Gasteiger partial charge in [0.2, 0.25) is 0 Å². The SMILES string of the molecule is CC(C)(C)OC(=O)C[C@@H](Cc1cc(F)cc(F)c1)c1nc(Br)ccc1Br.CC(C)(C)[S@@](N)=O.CC(C)(C)[S@](=O)C[C@@H](Cc1cc(F)cc(F)c1)c1nc(Br)ccc1Br.CC(C)(C)[S@](=O)N=Cc1nc(Br)ccc1Br.Cl.Cl.N[C@@H](Cc1cc(F)cc(F)c1)c1nc(Br)ccc1Br.O=Cc1nc(Br)ccc1Br.S.S.S.S.S.S.[CH2-]c1cc(F)cc(F)c1.[Zn+][Br]. The molecule has 14 nitrogen and oxygen atoms in total.